The molecule has 178 valence electrons. The number of nitrogens with one attached hydrogen (secondary N) is 2. The van der Waals surface area contributed by atoms with Gasteiger partial charge in [0, 0.05) is 24.3 Å². The minimum Gasteiger partial charge on any atom is -0.367 e. The number of benzene rings is 1. The van der Waals surface area contributed by atoms with Gasteiger partial charge in [-0.3, -0.25) is 14.9 Å². The molecule has 0 bridgehead atoms. The van der Waals surface area contributed by atoms with E-state index in [-0.39, 0.29) is 34.4 Å². The third-order valence-corrected chi connectivity index (χ3v) is 5.87. The van der Waals surface area contributed by atoms with Gasteiger partial charge < -0.3 is 14.5 Å². The summed E-state index contributed by atoms with van der Waals surface area (Å²) in [6, 6.07) is 0. The van der Waals surface area contributed by atoms with E-state index < -0.39 is 46.7 Å². The molecule has 0 aliphatic heterocycles. The zero-order valence-corrected chi connectivity index (χ0v) is 17.9. The molecule has 8 nitrogen and oxygen atoms in total. The molecule has 1 aliphatic carbocycles. The Hall–Kier alpha value is -3.32. The van der Waals surface area contributed by atoms with E-state index in [0.717, 1.165) is 7.11 Å². The summed E-state index contributed by atoms with van der Waals surface area (Å²) in [4.78, 5) is 20.3. The summed E-state index contributed by atoms with van der Waals surface area (Å²) in [6.45, 7) is 0. The standard InChI is InChI=1S/C20H14ClF5N6O2/c1-34-18(20(24,25)26)14-16(23)15(21)13(8-3-28-31-17(8)14)10-5-32-6-11(29-12(32)4-27-10)30-19(33)7-2-9(7)22/h3-7,9,18H,2H2,1H3,(H,28,31)(H,30,33). The Bertz CT molecular complexity index is 1430. The lowest BCUT2D eigenvalue weighted by molar-refractivity contribution is -0.216. The molecule has 3 atom stereocenters. The number of halogens is 6. The van der Waals surface area contributed by atoms with Crippen molar-refractivity contribution in [3.8, 4) is 11.3 Å². The van der Waals surface area contributed by atoms with Gasteiger partial charge in [0.1, 0.15) is 6.17 Å². The van der Waals surface area contributed by atoms with Crippen LogP contribution >= 0.6 is 11.6 Å². The molecule has 2 N–H and O–H groups in total. The van der Waals surface area contributed by atoms with Gasteiger partial charge in [0.2, 0.25) is 5.91 Å². The summed E-state index contributed by atoms with van der Waals surface area (Å²) in [5, 5.41) is 8.14. The van der Waals surface area contributed by atoms with Crippen LogP contribution in [0.3, 0.4) is 0 Å². The number of carbonyl (C=O) groups is 1. The molecule has 34 heavy (non-hydrogen) atoms. The highest BCUT2D eigenvalue weighted by atomic mass is 35.5. The van der Waals surface area contributed by atoms with Crippen LogP contribution in [-0.4, -0.2) is 49.9 Å². The first kappa shape index (κ1) is 22.5. The molecule has 3 heterocycles. The first-order chi connectivity index (χ1) is 16.1. The van der Waals surface area contributed by atoms with Crippen molar-refractivity contribution in [1.29, 1.82) is 0 Å². The number of rotatable bonds is 5. The van der Waals surface area contributed by atoms with Crippen LogP contribution in [0.5, 0.6) is 0 Å². The molecule has 3 aromatic heterocycles. The zero-order valence-electron chi connectivity index (χ0n) is 17.1. The fourth-order valence-corrected chi connectivity index (χ4v) is 4.09. The lowest BCUT2D eigenvalue weighted by atomic mass is 9.99. The van der Waals surface area contributed by atoms with Crippen LogP contribution < -0.4 is 5.32 Å². The van der Waals surface area contributed by atoms with Crippen molar-refractivity contribution in [1.82, 2.24) is 24.6 Å². The lowest BCUT2D eigenvalue weighted by Gasteiger charge is -2.21. The Balaban J connectivity index is 1.60. The first-order valence-corrected chi connectivity index (χ1v) is 10.2. The van der Waals surface area contributed by atoms with Crippen molar-refractivity contribution in [3.63, 3.8) is 0 Å². The van der Waals surface area contributed by atoms with Gasteiger partial charge in [-0.15, -0.1) is 0 Å². The molecular formula is C20H14ClF5N6O2. The van der Waals surface area contributed by atoms with Crippen LogP contribution in [0.4, 0.5) is 27.8 Å². The molecular weight excluding hydrogens is 487 g/mol. The fourth-order valence-electron chi connectivity index (χ4n) is 3.79. The quantitative estimate of drug-likeness (QED) is 0.390. The summed E-state index contributed by atoms with van der Waals surface area (Å²) >= 11 is 6.20. The maximum absolute atomic E-state index is 15.2. The smallest absolute Gasteiger partial charge is 0.367 e. The number of aromatic amines is 1. The number of hydrogen-bond acceptors (Lipinski definition) is 5. The molecule has 1 fully saturated rings. The molecule has 0 radical (unpaired) electrons. The molecule has 0 saturated heterocycles. The van der Waals surface area contributed by atoms with Crippen molar-refractivity contribution in [2.24, 2.45) is 5.92 Å². The van der Waals surface area contributed by atoms with Crippen molar-refractivity contribution >= 4 is 39.9 Å². The predicted molar refractivity (Wildman–Crippen MR) is 110 cm³/mol. The molecule has 5 rings (SSSR count). The van der Waals surface area contributed by atoms with Crippen molar-refractivity contribution in [3.05, 3.63) is 41.2 Å². The van der Waals surface area contributed by atoms with Gasteiger partial charge in [-0.05, 0) is 6.42 Å². The summed E-state index contributed by atoms with van der Waals surface area (Å²) in [7, 11) is 0.809. The molecule has 1 saturated carbocycles. The van der Waals surface area contributed by atoms with E-state index in [4.69, 9.17) is 11.6 Å². The average molecular weight is 501 g/mol. The number of H-pyrrole nitrogens is 1. The average Bonchev–Trinajstić information content (AvgIpc) is 3.14. The number of imidazole rings is 1. The number of aromatic nitrogens is 5. The van der Waals surface area contributed by atoms with Gasteiger partial charge in [-0.25, -0.2) is 13.8 Å². The van der Waals surface area contributed by atoms with E-state index in [1.807, 2.05) is 0 Å². The minimum absolute atomic E-state index is 0.00290. The number of alkyl halides is 4. The number of nitrogens with zero attached hydrogens (tertiary/aromatic N) is 4. The third kappa shape index (κ3) is 3.64. The van der Waals surface area contributed by atoms with Crippen molar-refractivity contribution in [2.75, 3.05) is 12.4 Å². The minimum atomic E-state index is -4.91. The number of methoxy groups -OCH3 is 1. The van der Waals surface area contributed by atoms with E-state index >= 15 is 4.39 Å². The van der Waals surface area contributed by atoms with Gasteiger partial charge in [0.15, 0.2) is 23.4 Å². The Morgan fingerprint density at radius 3 is 2.74 bits per heavy atom. The maximum atomic E-state index is 15.2. The second kappa shape index (κ2) is 7.87. The first-order valence-electron chi connectivity index (χ1n) is 9.83. The van der Waals surface area contributed by atoms with Gasteiger partial charge >= 0.3 is 6.18 Å². The van der Waals surface area contributed by atoms with Gasteiger partial charge in [0.25, 0.3) is 0 Å². The second-order valence-electron chi connectivity index (χ2n) is 7.74. The van der Waals surface area contributed by atoms with Crippen LogP contribution in [0.1, 0.15) is 18.1 Å². The van der Waals surface area contributed by atoms with E-state index in [9.17, 15) is 22.4 Å². The monoisotopic (exact) mass is 500 g/mol. The third-order valence-electron chi connectivity index (χ3n) is 5.52. The summed E-state index contributed by atoms with van der Waals surface area (Å²) in [5.74, 6) is -2.39. The van der Waals surface area contributed by atoms with Crippen LogP contribution in [-0.2, 0) is 9.53 Å². The van der Waals surface area contributed by atoms with E-state index in [0.29, 0.717) is 5.65 Å². The van der Waals surface area contributed by atoms with E-state index in [1.165, 1.54) is 29.2 Å². The molecule has 3 unspecified atom stereocenters. The van der Waals surface area contributed by atoms with E-state index in [2.05, 4.69) is 30.2 Å². The fraction of sp³-hybridized carbons (Fsp3) is 0.300. The Labute approximate surface area is 192 Å². The topological polar surface area (TPSA) is 97.2 Å². The predicted octanol–water partition coefficient (Wildman–Crippen LogP) is 4.61. The summed E-state index contributed by atoms with van der Waals surface area (Å²) in [5.41, 5.74) is -0.650. The maximum Gasteiger partial charge on any atom is 0.419 e. The highest BCUT2D eigenvalue weighted by Gasteiger charge is 2.45. The largest absolute Gasteiger partial charge is 0.419 e. The number of ether oxygens (including phenoxy) is 1. The van der Waals surface area contributed by atoms with Gasteiger partial charge in [-0.1, -0.05) is 11.6 Å². The Morgan fingerprint density at radius 2 is 2.09 bits per heavy atom. The molecule has 1 aliphatic rings. The normalized spacial score (nSPS) is 19.0. The molecule has 4 aromatic rings. The number of fused-ring (bicyclic) bond motifs is 2. The highest BCUT2D eigenvalue weighted by molar-refractivity contribution is 6.35. The van der Waals surface area contributed by atoms with Crippen LogP contribution in [0.25, 0.3) is 27.8 Å². The summed E-state index contributed by atoms with van der Waals surface area (Å²) < 4.78 is 74.7. The van der Waals surface area contributed by atoms with Crippen LogP contribution in [0, 0.1) is 11.7 Å². The second-order valence-corrected chi connectivity index (χ2v) is 8.12. The van der Waals surface area contributed by atoms with Crippen LogP contribution in [0.2, 0.25) is 5.02 Å². The molecule has 1 aromatic carbocycles. The Morgan fingerprint density at radius 1 is 1.35 bits per heavy atom. The highest BCUT2D eigenvalue weighted by Crippen LogP contribution is 2.45. The lowest BCUT2D eigenvalue weighted by Crippen LogP contribution is -2.24. The van der Waals surface area contributed by atoms with E-state index in [1.54, 1.807) is 0 Å². The van der Waals surface area contributed by atoms with Gasteiger partial charge in [0.05, 0.1) is 46.3 Å². The number of carbonyl (C=O) groups excluding carboxylic acids is 1. The molecule has 14 heteroatoms. The SMILES string of the molecule is COC(c1c(F)c(Cl)c(-c2cn3cc(NC(=O)C4CC4F)nc3cn2)c2cn[nH]c12)C(F)(F)F. The van der Waals surface area contributed by atoms with Crippen molar-refractivity contribution in [2.45, 2.75) is 24.9 Å². The number of amides is 1. The number of hydrogen-bond donors (Lipinski definition) is 2. The van der Waals surface area contributed by atoms with Gasteiger partial charge in [-0.2, -0.15) is 18.3 Å². The molecule has 1 amide bonds. The summed E-state index contributed by atoms with van der Waals surface area (Å²) in [6.07, 6.45) is -3.13. The Kier molecular flexibility index (Phi) is 5.20. The molecule has 0 spiro atoms. The van der Waals surface area contributed by atoms with Crippen molar-refractivity contribution < 1.29 is 31.5 Å². The zero-order chi connectivity index (χ0) is 24.4. The van der Waals surface area contributed by atoms with Crippen LogP contribution in [0.15, 0.2) is 24.8 Å². The number of anilines is 1.